The zero-order valence-corrected chi connectivity index (χ0v) is 33.3. The summed E-state index contributed by atoms with van der Waals surface area (Å²) in [7, 11) is 0. The third-order valence-electron chi connectivity index (χ3n) is 4.47. The van der Waals surface area contributed by atoms with Gasteiger partial charge in [-0.3, -0.25) is 0 Å². The SMILES string of the molecule is CC(C)CC(C)OP(=S)(S)OC(C)CC(C)C.CC(C)CC(C)OP(=S)(S)OC(C)CC(C)C.[Pb+2]. The van der Waals surface area contributed by atoms with E-state index in [1.165, 1.54) is 0 Å². The summed E-state index contributed by atoms with van der Waals surface area (Å²) in [5.41, 5.74) is -4.78. The first-order chi connectivity index (χ1) is 15.2. The van der Waals surface area contributed by atoms with Crippen molar-refractivity contribution in [2.45, 2.75) is 133 Å². The molecular weight excluding hydrogens is 750 g/mol. The third kappa shape index (κ3) is 29.6. The fourth-order valence-corrected chi connectivity index (χ4v) is 9.74. The topological polar surface area (TPSA) is 36.9 Å². The summed E-state index contributed by atoms with van der Waals surface area (Å²) in [6, 6.07) is 0. The van der Waals surface area contributed by atoms with Gasteiger partial charge in [-0.15, -0.1) is 0 Å². The summed E-state index contributed by atoms with van der Waals surface area (Å²) in [6.07, 6.45) is 4.41. The van der Waals surface area contributed by atoms with Gasteiger partial charge >= 0.3 is 27.3 Å². The maximum absolute atomic E-state index is 5.77. The number of thiol groups is 2. The van der Waals surface area contributed by atoms with Crippen LogP contribution < -0.4 is 0 Å². The monoisotopic (exact) mass is 804 g/mol. The summed E-state index contributed by atoms with van der Waals surface area (Å²) in [5, 5.41) is 0. The van der Waals surface area contributed by atoms with Crippen LogP contribution in [0.15, 0.2) is 0 Å². The Balaban J connectivity index is -0.000000569. The average molecular weight is 804 g/mol. The molecular formula is C24H54O4P2PbS4+2. The minimum absolute atomic E-state index is 0. The molecule has 0 amide bonds. The Bertz CT molecular complexity index is 528. The summed E-state index contributed by atoms with van der Waals surface area (Å²) in [6.45, 7) is 25.5. The predicted molar refractivity (Wildman–Crippen MR) is 172 cm³/mol. The van der Waals surface area contributed by atoms with Gasteiger partial charge in [-0.05, 0) is 101 Å². The summed E-state index contributed by atoms with van der Waals surface area (Å²) >= 11 is 19.4. The van der Waals surface area contributed by atoms with Gasteiger partial charge in [-0.1, -0.05) is 79.9 Å². The molecule has 0 N–H and O–H groups in total. The number of hydrogen-bond donors (Lipinski definition) is 2. The van der Waals surface area contributed by atoms with E-state index >= 15 is 0 Å². The Morgan fingerprint density at radius 1 is 0.457 bits per heavy atom. The molecule has 210 valence electrons. The number of rotatable bonds is 16. The standard InChI is InChI=1S/2C12H27O2PS2.Pb/c2*1-9(2)7-11(5)13-15(16,17)14-12(6)8-10(3)4;/h2*9-12H,7-8H2,1-6H3,(H,16,17);/q;;+2. The van der Waals surface area contributed by atoms with Gasteiger partial charge in [0.2, 0.25) is 11.4 Å². The van der Waals surface area contributed by atoms with E-state index in [-0.39, 0.29) is 51.7 Å². The second-order valence-electron chi connectivity index (χ2n) is 11.1. The third-order valence-corrected chi connectivity index (χ3v) is 9.14. The summed E-state index contributed by atoms with van der Waals surface area (Å²) < 4.78 is 23.1. The van der Waals surface area contributed by atoms with Gasteiger partial charge < -0.3 is 18.1 Å². The van der Waals surface area contributed by atoms with E-state index in [4.69, 9.17) is 41.7 Å². The fourth-order valence-electron chi connectivity index (χ4n) is 3.79. The molecule has 0 bridgehead atoms. The Morgan fingerprint density at radius 3 is 0.714 bits per heavy atom. The maximum atomic E-state index is 5.77. The summed E-state index contributed by atoms with van der Waals surface area (Å²) in [5.74, 6) is 2.39. The van der Waals surface area contributed by atoms with Crippen LogP contribution in [-0.2, 0) is 41.7 Å². The van der Waals surface area contributed by atoms with Crippen LogP contribution in [0.25, 0.3) is 0 Å². The fraction of sp³-hybridized carbons (Fsp3) is 1.00. The zero-order valence-electron chi connectivity index (χ0n) is 24.2. The van der Waals surface area contributed by atoms with Crippen molar-refractivity contribution in [3.05, 3.63) is 0 Å². The summed E-state index contributed by atoms with van der Waals surface area (Å²) in [4.78, 5) is 0. The Morgan fingerprint density at radius 2 is 0.600 bits per heavy atom. The van der Waals surface area contributed by atoms with Gasteiger partial charge in [0.1, 0.15) is 0 Å². The van der Waals surface area contributed by atoms with Crippen molar-refractivity contribution in [2.75, 3.05) is 0 Å². The van der Waals surface area contributed by atoms with Crippen LogP contribution in [-0.4, -0.2) is 51.7 Å². The minimum Gasteiger partial charge on any atom is -0.319 e. The quantitative estimate of drug-likeness (QED) is 0.0921. The second kappa shape index (κ2) is 21.5. The Hall–Kier alpha value is 2.76. The molecule has 0 fully saturated rings. The van der Waals surface area contributed by atoms with Gasteiger partial charge in [0.05, 0.1) is 24.4 Å². The van der Waals surface area contributed by atoms with Crippen molar-refractivity contribution in [3.8, 4) is 0 Å². The molecule has 4 atom stereocenters. The van der Waals surface area contributed by atoms with E-state index in [0.717, 1.165) is 25.7 Å². The molecule has 35 heavy (non-hydrogen) atoms. The first-order valence-electron chi connectivity index (χ1n) is 12.6. The molecule has 0 aliphatic rings. The van der Waals surface area contributed by atoms with Gasteiger partial charge in [0.15, 0.2) is 0 Å². The normalized spacial score (nSPS) is 18.8. The van der Waals surface area contributed by atoms with Crippen LogP contribution in [0.2, 0.25) is 0 Å². The molecule has 0 spiro atoms. The van der Waals surface area contributed by atoms with Crippen molar-refractivity contribution in [2.24, 2.45) is 23.7 Å². The largest absolute Gasteiger partial charge is 2.00 e. The molecule has 0 heterocycles. The van der Waals surface area contributed by atoms with Crippen molar-refractivity contribution < 1.29 is 18.1 Å². The van der Waals surface area contributed by atoms with E-state index in [1.54, 1.807) is 0 Å². The van der Waals surface area contributed by atoms with E-state index in [0.29, 0.717) is 23.7 Å². The van der Waals surface area contributed by atoms with Crippen LogP contribution in [0.3, 0.4) is 0 Å². The molecule has 2 radical (unpaired) electrons. The zero-order chi connectivity index (χ0) is 27.3. The van der Waals surface area contributed by atoms with Gasteiger partial charge in [0.25, 0.3) is 0 Å². The van der Waals surface area contributed by atoms with Gasteiger partial charge in [-0.2, -0.15) is 0 Å². The minimum atomic E-state index is -2.39. The molecule has 4 nitrogen and oxygen atoms in total. The van der Waals surface area contributed by atoms with Crippen molar-refractivity contribution in [3.63, 3.8) is 0 Å². The molecule has 0 saturated heterocycles. The van der Waals surface area contributed by atoms with Crippen LogP contribution in [0.5, 0.6) is 0 Å². The van der Waals surface area contributed by atoms with Crippen molar-refractivity contribution >= 4 is 86.8 Å². The predicted octanol–water partition coefficient (Wildman–Crippen LogP) is 9.71. The molecule has 0 aromatic heterocycles. The molecule has 0 aromatic carbocycles. The van der Waals surface area contributed by atoms with Crippen LogP contribution >= 0.6 is 35.9 Å². The van der Waals surface area contributed by atoms with Crippen LogP contribution in [0.4, 0.5) is 0 Å². The molecule has 0 aliphatic heterocycles. The van der Waals surface area contributed by atoms with E-state index in [2.05, 4.69) is 79.9 Å². The second-order valence-corrected chi connectivity index (χ2v) is 21.5. The average Bonchev–Trinajstić information content (AvgIpc) is 2.48. The molecule has 0 aliphatic carbocycles. The molecule has 4 unspecified atom stereocenters. The first kappa shape index (κ1) is 42.2. The smallest absolute Gasteiger partial charge is 0.319 e. The van der Waals surface area contributed by atoms with E-state index in [1.807, 2.05) is 27.7 Å². The molecule has 11 heteroatoms. The molecule has 0 saturated carbocycles. The number of hydrogen-bond acceptors (Lipinski definition) is 6. The van der Waals surface area contributed by atoms with Gasteiger partial charge in [-0.25, -0.2) is 0 Å². The van der Waals surface area contributed by atoms with Gasteiger partial charge in [0, 0.05) is 0 Å². The molecule has 0 aromatic rings. The maximum Gasteiger partial charge on any atom is 2.00 e. The van der Waals surface area contributed by atoms with Crippen LogP contribution in [0, 0.1) is 23.7 Å². The Labute approximate surface area is 259 Å². The van der Waals surface area contributed by atoms with E-state index in [9.17, 15) is 0 Å². The van der Waals surface area contributed by atoms with Crippen molar-refractivity contribution in [1.29, 1.82) is 0 Å². The van der Waals surface area contributed by atoms with Crippen LogP contribution in [0.1, 0.15) is 109 Å². The van der Waals surface area contributed by atoms with Crippen molar-refractivity contribution in [1.82, 2.24) is 0 Å². The molecule has 0 rings (SSSR count). The Kier molecular flexibility index (Phi) is 25.9. The van der Waals surface area contributed by atoms with E-state index < -0.39 is 11.4 Å². The first-order valence-corrected chi connectivity index (χ1v) is 20.2.